The maximum atomic E-state index is 13.9. The zero-order valence-electron chi connectivity index (χ0n) is 17.6. The molecule has 0 unspecified atom stereocenters. The van der Waals surface area contributed by atoms with E-state index in [0.29, 0.717) is 18.1 Å². The molecule has 0 atom stereocenters. The number of hydrogen-bond acceptors (Lipinski definition) is 4. The fraction of sp³-hybridized carbons (Fsp3) is 0.333. The van der Waals surface area contributed by atoms with E-state index in [2.05, 4.69) is 15.5 Å². The number of aryl methyl sites for hydroxylation is 1. The average Bonchev–Trinajstić information content (AvgIpc) is 3.23. The second-order valence-electron chi connectivity index (χ2n) is 7.93. The van der Waals surface area contributed by atoms with Gasteiger partial charge in [-0.3, -0.25) is 4.79 Å². The summed E-state index contributed by atoms with van der Waals surface area (Å²) in [4.78, 5) is 15.8. The standard InChI is InChI=1S/C24H26FN5O/c1-18-26-27-28-30(18)23(16-19-8-4-2-5-9-19)24(31)29(22-10-6-3-7-11-22)17-20-12-14-21(25)15-13-20/h2,4-5,8-9,12-16,22H,3,6-7,10-11,17H2,1H3/b23-16-. The number of rotatable bonds is 6. The van der Waals surface area contributed by atoms with Crippen LogP contribution >= 0.6 is 0 Å². The van der Waals surface area contributed by atoms with Crippen molar-refractivity contribution in [1.29, 1.82) is 0 Å². The number of benzene rings is 2. The van der Waals surface area contributed by atoms with Crippen LogP contribution in [0, 0.1) is 12.7 Å². The summed E-state index contributed by atoms with van der Waals surface area (Å²) in [5.41, 5.74) is 2.19. The van der Waals surface area contributed by atoms with Gasteiger partial charge >= 0.3 is 0 Å². The molecule has 1 aliphatic rings. The van der Waals surface area contributed by atoms with Crippen LogP contribution < -0.4 is 0 Å². The molecular weight excluding hydrogens is 393 g/mol. The molecule has 0 aliphatic heterocycles. The number of tetrazole rings is 1. The smallest absolute Gasteiger partial charge is 0.273 e. The molecule has 1 amide bonds. The highest BCUT2D eigenvalue weighted by Gasteiger charge is 2.29. The molecule has 1 saturated carbocycles. The van der Waals surface area contributed by atoms with E-state index in [1.807, 2.05) is 41.3 Å². The zero-order chi connectivity index (χ0) is 21.6. The lowest BCUT2D eigenvalue weighted by molar-refractivity contribution is -0.129. The Labute approximate surface area is 181 Å². The fourth-order valence-corrected chi connectivity index (χ4v) is 4.07. The Morgan fingerprint density at radius 1 is 1.10 bits per heavy atom. The molecule has 3 aromatic rings. The van der Waals surface area contributed by atoms with E-state index in [1.165, 1.54) is 23.2 Å². The predicted molar refractivity (Wildman–Crippen MR) is 117 cm³/mol. The Morgan fingerprint density at radius 2 is 1.81 bits per heavy atom. The van der Waals surface area contributed by atoms with E-state index in [9.17, 15) is 9.18 Å². The van der Waals surface area contributed by atoms with Crippen molar-refractivity contribution in [2.24, 2.45) is 0 Å². The van der Waals surface area contributed by atoms with Gasteiger partial charge in [-0.15, -0.1) is 5.10 Å². The minimum absolute atomic E-state index is 0.127. The molecule has 4 rings (SSSR count). The van der Waals surface area contributed by atoms with Gasteiger partial charge in [0.15, 0.2) is 5.82 Å². The van der Waals surface area contributed by atoms with Crippen molar-refractivity contribution in [2.75, 3.05) is 0 Å². The van der Waals surface area contributed by atoms with Crippen LogP contribution in [0.2, 0.25) is 0 Å². The Morgan fingerprint density at radius 3 is 2.45 bits per heavy atom. The highest BCUT2D eigenvalue weighted by Crippen LogP contribution is 2.27. The van der Waals surface area contributed by atoms with Gasteiger partial charge in [0.25, 0.3) is 5.91 Å². The lowest BCUT2D eigenvalue weighted by Crippen LogP contribution is -2.42. The molecule has 160 valence electrons. The first kappa shape index (κ1) is 20.9. The number of halogens is 1. The topological polar surface area (TPSA) is 63.9 Å². The number of aromatic nitrogens is 4. The van der Waals surface area contributed by atoms with Crippen LogP contribution in [0.5, 0.6) is 0 Å². The first-order valence-electron chi connectivity index (χ1n) is 10.7. The lowest BCUT2D eigenvalue weighted by atomic mass is 9.93. The first-order valence-corrected chi connectivity index (χ1v) is 10.7. The highest BCUT2D eigenvalue weighted by molar-refractivity contribution is 6.18. The van der Waals surface area contributed by atoms with Crippen molar-refractivity contribution < 1.29 is 9.18 Å². The SMILES string of the molecule is Cc1nnnn1/C(=C\c1ccccc1)C(=O)N(Cc1ccc(F)cc1)C1CCCCC1. The maximum Gasteiger partial charge on any atom is 0.273 e. The molecule has 1 aromatic heterocycles. The minimum atomic E-state index is -0.284. The van der Waals surface area contributed by atoms with E-state index in [1.54, 1.807) is 19.1 Å². The Hall–Kier alpha value is -3.35. The number of amides is 1. The molecular formula is C24H26FN5O. The molecule has 31 heavy (non-hydrogen) atoms. The summed E-state index contributed by atoms with van der Waals surface area (Å²) in [6.07, 6.45) is 7.12. The van der Waals surface area contributed by atoms with Crippen molar-refractivity contribution in [1.82, 2.24) is 25.1 Å². The average molecular weight is 420 g/mol. The zero-order valence-corrected chi connectivity index (χ0v) is 17.6. The van der Waals surface area contributed by atoms with Crippen molar-refractivity contribution in [3.8, 4) is 0 Å². The van der Waals surface area contributed by atoms with Gasteiger partial charge in [0.2, 0.25) is 0 Å². The Kier molecular flexibility index (Phi) is 6.50. The van der Waals surface area contributed by atoms with E-state index in [-0.39, 0.29) is 17.8 Å². The van der Waals surface area contributed by atoms with Crippen LogP contribution in [0.25, 0.3) is 11.8 Å². The number of carbonyl (C=O) groups is 1. The van der Waals surface area contributed by atoms with Crippen LogP contribution in [-0.4, -0.2) is 37.1 Å². The molecule has 6 nitrogen and oxygen atoms in total. The maximum absolute atomic E-state index is 13.9. The van der Waals surface area contributed by atoms with E-state index in [0.717, 1.165) is 36.8 Å². The van der Waals surface area contributed by atoms with E-state index in [4.69, 9.17) is 0 Å². The van der Waals surface area contributed by atoms with Gasteiger partial charge < -0.3 is 4.90 Å². The molecule has 0 radical (unpaired) electrons. The van der Waals surface area contributed by atoms with Crippen molar-refractivity contribution in [2.45, 2.75) is 51.6 Å². The van der Waals surface area contributed by atoms with Crippen LogP contribution in [-0.2, 0) is 11.3 Å². The number of carbonyl (C=O) groups excluding carboxylic acids is 1. The van der Waals surface area contributed by atoms with Crippen LogP contribution in [0.4, 0.5) is 4.39 Å². The Balaban J connectivity index is 1.73. The molecule has 1 aliphatic carbocycles. The first-order chi connectivity index (χ1) is 15.1. The van der Waals surface area contributed by atoms with Gasteiger partial charge in [0.1, 0.15) is 11.5 Å². The molecule has 0 saturated heterocycles. The second kappa shape index (κ2) is 9.64. The van der Waals surface area contributed by atoms with Gasteiger partial charge in [0.05, 0.1) is 0 Å². The lowest BCUT2D eigenvalue weighted by Gasteiger charge is -2.35. The van der Waals surface area contributed by atoms with E-state index < -0.39 is 0 Å². The van der Waals surface area contributed by atoms with Crippen molar-refractivity contribution in [3.05, 3.63) is 77.4 Å². The number of hydrogen-bond donors (Lipinski definition) is 0. The molecule has 7 heteroatoms. The summed E-state index contributed by atoms with van der Waals surface area (Å²) in [6, 6.07) is 16.1. The minimum Gasteiger partial charge on any atom is -0.330 e. The third-order valence-corrected chi connectivity index (χ3v) is 5.72. The van der Waals surface area contributed by atoms with Gasteiger partial charge in [-0.1, -0.05) is 61.7 Å². The molecule has 1 fully saturated rings. The molecule has 0 spiro atoms. The largest absolute Gasteiger partial charge is 0.330 e. The molecule has 1 heterocycles. The van der Waals surface area contributed by atoms with Gasteiger partial charge in [-0.05, 0) is 59.5 Å². The molecule has 2 aromatic carbocycles. The predicted octanol–water partition coefficient (Wildman–Crippen LogP) is 4.48. The van der Waals surface area contributed by atoms with Crippen LogP contribution in [0.1, 0.15) is 49.1 Å². The second-order valence-corrected chi connectivity index (χ2v) is 7.93. The molecule has 0 bridgehead atoms. The van der Waals surface area contributed by atoms with E-state index >= 15 is 0 Å². The summed E-state index contributed by atoms with van der Waals surface area (Å²) in [5, 5.41) is 11.8. The summed E-state index contributed by atoms with van der Waals surface area (Å²) in [7, 11) is 0. The van der Waals surface area contributed by atoms with Crippen molar-refractivity contribution >= 4 is 17.7 Å². The van der Waals surface area contributed by atoms with Gasteiger partial charge in [-0.2, -0.15) is 4.68 Å². The third-order valence-electron chi connectivity index (χ3n) is 5.72. The van der Waals surface area contributed by atoms with Gasteiger partial charge in [0, 0.05) is 12.6 Å². The molecule has 0 N–H and O–H groups in total. The van der Waals surface area contributed by atoms with Gasteiger partial charge in [-0.25, -0.2) is 4.39 Å². The summed E-state index contributed by atoms with van der Waals surface area (Å²) in [5.74, 6) is 0.129. The number of nitrogens with zero attached hydrogens (tertiary/aromatic N) is 5. The van der Waals surface area contributed by atoms with Crippen LogP contribution in [0.3, 0.4) is 0 Å². The summed E-state index contributed by atoms with van der Waals surface area (Å²) in [6.45, 7) is 2.19. The quantitative estimate of drug-likeness (QED) is 0.553. The third kappa shape index (κ3) is 5.05. The van der Waals surface area contributed by atoms with Crippen LogP contribution in [0.15, 0.2) is 54.6 Å². The summed E-state index contributed by atoms with van der Waals surface area (Å²) >= 11 is 0. The fourth-order valence-electron chi connectivity index (χ4n) is 4.07. The highest BCUT2D eigenvalue weighted by atomic mass is 19.1. The normalized spacial score (nSPS) is 15.1. The monoisotopic (exact) mass is 419 g/mol. The summed E-state index contributed by atoms with van der Waals surface area (Å²) < 4.78 is 14.9. The van der Waals surface area contributed by atoms with Crippen molar-refractivity contribution in [3.63, 3.8) is 0 Å². The Bertz CT molecular complexity index is 1040.